The molecule has 1 fully saturated rings. The molecule has 1 aromatic rings. The fraction of sp³-hybridized carbons (Fsp3) is 0.588. The van der Waals surface area contributed by atoms with Crippen LogP contribution in [0.4, 0.5) is 13.6 Å². The van der Waals surface area contributed by atoms with Crippen molar-refractivity contribution in [3.05, 3.63) is 35.4 Å². The van der Waals surface area contributed by atoms with Gasteiger partial charge in [0.1, 0.15) is 11.6 Å². The summed E-state index contributed by atoms with van der Waals surface area (Å²) < 4.78 is 27.1. The molecule has 128 valence electrons. The maximum absolute atomic E-state index is 14.0. The first-order chi connectivity index (χ1) is 10.6. The van der Waals surface area contributed by atoms with Crippen LogP contribution in [0.3, 0.4) is 0 Å². The molecule has 1 atom stereocenters. The molecule has 0 aliphatic carbocycles. The third-order valence-corrected chi connectivity index (χ3v) is 4.41. The summed E-state index contributed by atoms with van der Waals surface area (Å²) in [5.74, 6) is -1.32. The zero-order valence-electron chi connectivity index (χ0n) is 13.9. The summed E-state index contributed by atoms with van der Waals surface area (Å²) in [4.78, 5) is 13.9. The van der Waals surface area contributed by atoms with Crippen LogP contribution in [-0.2, 0) is 0 Å². The third kappa shape index (κ3) is 3.99. The Morgan fingerprint density at radius 1 is 1.35 bits per heavy atom. The van der Waals surface area contributed by atoms with Crippen molar-refractivity contribution < 1.29 is 18.7 Å². The molecule has 0 saturated carbocycles. The van der Waals surface area contributed by atoms with Crippen molar-refractivity contribution in [3.8, 4) is 0 Å². The van der Waals surface area contributed by atoms with E-state index in [1.54, 1.807) is 18.7 Å². The van der Waals surface area contributed by atoms with Crippen LogP contribution in [0.15, 0.2) is 18.2 Å². The number of benzene rings is 1. The van der Waals surface area contributed by atoms with Gasteiger partial charge in [-0.05, 0) is 25.8 Å². The van der Waals surface area contributed by atoms with E-state index in [1.165, 1.54) is 12.1 Å². The number of hydrogen-bond acceptors (Lipinski definition) is 2. The lowest BCUT2D eigenvalue weighted by atomic mass is 9.84. The van der Waals surface area contributed by atoms with Crippen LogP contribution < -0.4 is 5.32 Å². The van der Waals surface area contributed by atoms with Gasteiger partial charge in [0.15, 0.2) is 0 Å². The molecule has 0 aromatic heterocycles. The van der Waals surface area contributed by atoms with Gasteiger partial charge in [0.25, 0.3) is 0 Å². The fourth-order valence-corrected chi connectivity index (χ4v) is 2.67. The predicted molar refractivity (Wildman–Crippen MR) is 83.8 cm³/mol. The first kappa shape index (κ1) is 17.7. The quantitative estimate of drug-likeness (QED) is 0.893. The van der Waals surface area contributed by atoms with Crippen molar-refractivity contribution in [1.82, 2.24) is 10.2 Å². The lowest BCUT2D eigenvalue weighted by Gasteiger charge is -2.45. The topological polar surface area (TPSA) is 52.6 Å². The minimum atomic E-state index is -0.822. The SMILES string of the molecule is CC(C)C(NC(=O)N1CC(C(C)(C)O)C1)c1ccc(F)cc1F. The van der Waals surface area contributed by atoms with Gasteiger partial charge in [-0.25, -0.2) is 13.6 Å². The van der Waals surface area contributed by atoms with Crippen LogP contribution in [0, 0.1) is 23.5 Å². The van der Waals surface area contributed by atoms with Gasteiger partial charge in [-0.3, -0.25) is 0 Å². The average molecular weight is 326 g/mol. The van der Waals surface area contributed by atoms with Crippen molar-refractivity contribution in [3.63, 3.8) is 0 Å². The second kappa shape index (κ2) is 6.43. The molecule has 2 rings (SSSR count). The Labute approximate surface area is 135 Å². The van der Waals surface area contributed by atoms with E-state index >= 15 is 0 Å². The molecule has 1 aliphatic heterocycles. The maximum Gasteiger partial charge on any atom is 0.317 e. The highest BCUT2D eigenvalue weighted by Crippen LogP contribution is 2.29. The lowest BCUT2D eigenvalue weighted by Crippen LogP contribution is -2.60. The number of nitrogens with zero attached hydrogens (tertiary/aromatic N) is 1. The van der Waals surface area contributed by atoms with Gasteiger partial charge >= 0.3 is 6.03 Å². The zero-order chi connectivity index (χ0) is 17.4. The van der Waals surface area contributed by atoms with E-state index in [0.717, 1.165) is 6.07 Å². The van der Waals surface area contributed by atoms with Gasteiger partial charge < -0.3 is 15.3 Å². The molecule has 4 nitrogen and oxygen atoms in total. The molecule has 1 unspecified atom stereocenters. The number of urea groups is 1. The van der Waals surface area contributed by atoms with Gasteiger partial charge in [0.05, 0.1) is 11.6 Å². The van der Waals surface area contributed by atoms with Gasteiger partial charge in [-0.1, -0.05) is 19.9 Å². The number of carbonyl (C=O) groups is 1. The highest BCUT2D eigenvalue weighted by molar-refractivity contribution is 5.75. The van der Waals surface area contributed by atoms with Crippen LogP contribution in [0.5, 0.6) is 0 Å². The molecule has 1 aromatic carbocycles. The Morgan fingerprint density at radius 2 is 1.96 bits per heavy atom. The fourth-order valence-electron chi connectivity index (χ4n) is 2.67. The molecular weight excluding hydrogens is 302 g/mol. The Hall–Kier alpha value is -1.69. The first-order valence-corrected chi connectivity index (χ1v) is 7.82. The van der Waals surface area contributed by atoms with Crippen molar-refractivity contribution in [2.24, 2.45) is 11.8 Å². The normalized spacial score (nSPS) is 17.1. The van der Waals surface area contributed by atoms with Crippen molar-refractivity contribution in [1.29, 1.82) is 0 Å². The number of amides is 2. The summed E-state index contributed by atoms with van der Waals surface area (Å²) in [6.07, 6.45) is 0. The molecule has 1 aliphatic rings. The smallest absolute Gasteiger partial charge is 0.317 e. The Balaban J connectivity index is 2.05. The number of aliphatic hydroxyl groups is 1. The number of carbonyl (C=O) groups excluding carboxylic acids is 1. The molecule has 0 radical (unpaired) electrons. The monoisotopic (exact) mass is 326 g/mol. The molecule has 2 N–H and O–H groups in total. The highest BCUT2D eigenvalue weighted by Gasteiger charge is 2.40. The number of nitrogens with one attached hydrogen (secondary N) is 1. The Bertz CT molecular complexity index is 578. The molecule has 0 bridgehead atoms. The maximum atomic E-state index is 14.0. The van der Waals surface area contributed by atoms with E-state index in [9.17, 15) is 18.7 Å². The van der Waals surface area contributed by atoms with Crippen molar-refractivity contribution in [2.75, 3.05) is 13.1 Å². The summed E-state index contributed by atoms with van der Waals surface area (Å²) in [7, 11) is 0. The number of likely N-dealkylation sites (tertiary alicyclic amines) is 1. The van der Waals surface area contributed by atoms with Crippen LogP contribution in [0.25, 0.3) is 0 Å². The van der Waals surface area contributed by atoms with Gasteiger partial charge in [-0.2, -0.15) is 0 Å². The molecule has 2 amide bonds. The molecule has 1 saturated heterocycles. The second-order valence-electron chi connectivity index (χ2n) is 7.09. The van der Waals surface area contributed by atoms with Crippen LogP contribution in [0.2, 0.25) is 0 Å². The predicted octanol–water partition coefficient (Wildman–Crippen LogP) is 3.07. The summed E-state index contributed by atoms with van der Waals surface area (Å²) in [5, 5.41) is 12.7. The van der Waals surface area contributed by atoms with E-state index in [4.69, 9.17) is 0 Å². The summed E-state index contributed by atoms with van der Waals surface area (Å²) in [6.45, 7) is 8.10. The Kier molecular flexibility index (Phi) is 4.94. The third-order valence-electron chi connectivity index (χ3n) is 4.41. The van der Waals surface area contributed by atoms with E-state index in [-0.39, 0.29) is 23.4 Å². The average Bonchev–Trinajstić information content (AvgIpc) is 2.32. The van der Waals surface area contributed by atoms with Gasteiger partial charge in [0.2, 0.25) is 0 Å². The standard InChI is InChI=1S/C17H24F2N2O2/c1-10(2)15(13-6-5-12(18)7-14(13)19)20-16(22)21-8-11(9-21)17(3,4)23/h5-7,10-11,15,23H,8-9H2,1-4H3,(H,20,22). The van der Waals surface area contributed by atoms with Gasteiger partial charge in [-0.15, -0.1) is 0 Å². The van der Waals surface area contributed by atoms with E-state index in [2.05, 4.69) is 5.32 Å². The number of hydrogen-bond donors (Lipinski definition) is 2. The molecule has 23 heavy (non-hydrogen) atoms. The molecule has 0 spiro atoms. The molecule has 1 heterocycles. The number of halogens is 2. The lowest BCUT2D eigenvalue weighted by molar-refractivity contribution is -0.0462. The minimum absolute atomic E-state index is 0.0355. The largest absolute Gasteiger partial charge is 0.390 e. The van der Waals surface area contributed by atoms with E-state index in [1.807, 2.05) is 13.8 Å². The molecular formula is C17H24F2N2O2. The van der Waals surface area contributed by atoms with Crippen molar-refractivity contribution in [2.45, 2.75) is 39.3 Å². The number of rotatable bonds is 4. The minimum Gasteiger partial charge on any atom is -0.390 e. The summed E-state index contributed by atoms with van der Waals surface area (Å²) in [6, 6.07) is 2.54. The van der Waals surface area contributed by atoms with Crippen LogP contribution in [-0.4, -0.2) is 34.7 Å². The molecule has 6 heteroatoms. The van der Waals surface area contributed by atoms with E-state index in [0.29, 0.717) is 13.1 Å². The summed E-state index contributed by atoms with van der Waals surface area (Å²) >= 11 is 0. The van der Waals surface area contributed by atoms with Gasteiger partial charge in [0, 0.05) is 30.6 Å². The first-order valence-electron chi connectivity index (χ1n) is 7.82. The second-order valence-corrected chi connectivity index (χ2v) is 7.09. The Morgan fingerprint density at radius 3 is 2.43 bits per heavy atom. The van der Waals surface area contributed by atoms with Crippen LogP contribution in [0.1, 0.15) is 39.3 Å². The van der Waals surface area contributed by atoms with Crippen LogP contribution >= 0.6 is 0 Å². The summed E-state index contributed by atoms with van der Waals surface area (Å²) in [5.41, 5.74) is -0.550. The van der Waals surface area contributed by atoms with Crippen molar-refractivity contribution >= 4 is 6.03 Å². The van der Waals surface area contributed by atoms with E-state index < -0.39 is 23.3 Å². The highest BCUT2D eigenvalue weighted by atomic mass is 19.1. The zero-order valence-corrected chi connectivity index (χ0v) is 13.9.